The van der Waals surface area contributed by atoms with Gasteiger partial charge in [-0.15, -0.1) is 0 Å². The normalized spacial score (nSPS) is 15.8. The molecule has 1 unspecified atom stereocenters. The molecule has 0 bridgehead atoms. The summed E-state index contributed by atoms with van der Waals surface area (Å²) in [6.45, 7) is 2.08. The molecule has 1 aromatic carbocycles. The molecule has 6 heteroatoms. The second-order valence-corrected chi connectivity index (χ2v) is 12.3. The average molecular weight is 572 g/mol. The van der Waals surface area contributed by atoms with Crippen molar-refractivity contribution in [2.24, 2.45) is 18.0 Å². The van der Waals surface area contributed by atoms with Crippen LogP contribution in [0.4, 0.5) is 5.69 Å². The Balaban J connectivity index is 1.29. The highest BCUT2D eigenvalue weighted by atomic mass is 33.1. The first-order valence-electron chi connectivity index (χ1n) is 13.8. The Morgan fingerprint density at radius 2 is 1.62 bits per heavy atom. The van der Waals surface area contributed by atoms with E-state index in [1.807, 2.05) is 45.9 Å². The molecular formula is C34H43N4S2+. The fourth-order valence-corrected chi connectivity index (χ4v) is 6.13. The predicted octanol–water partition coefficient (Wildman–Crippen LogP) is 7.26. The summed E-state index contributed by atoms with van der Waals surface area (Å²) >= 11 is 0. The van der Waals surface area contributed by atoms with Crippen molar-refractivity contribution < 1.29 is 4.57 Å². The summed E-state index contributed by atoms with van der Waals surface area (Å²) in [7, 11) is 12.1. The van der Waals surface area contributed by atoms with Crippen LogP contribution in [0.2, 0.25) is 0 Å². The molecule has 210 valence electrons. The van der Waals surface area contributed by atoms with Gasteiger partial charge in [0.15, 0.2) is 6.20 Å². The van der Waals surface area contributed by atoms with E-state index in [1.54, 1.807) is 13.3 Å². The van der Waals surface area contributed by atoms with E-state index in [0.29, 0.717) is 5.92 Å². The minimum absolute atomic E-state index is 0.468. The summed E-state index contributed by atoms with van der Waals surface area (Å²) in [5.41, 5.74) is 4.98. The molecule has 0 saturated carbocycles. The number of hydrogen-bond donors (Lipinski definition) is 0. The number of pyridine rings is 1. The van der Waals surface area contributed by atoms with E-state index in [4.69, 9.17) is 0 Å². The van der Waals surface area contributed by atoms with E-state index < -0.39 is 0 Å². The van der Waals surface area contributed by atoms with Gasteiger partial charge in [-0.2, -0.15) is 0 Å². The van der Waals surface area contributed by atoms with Gasteiger partial charge >= 0.3 is 0 Å². The van der Waals surface area contributed by atoms with E-state index in [2.05, 4.69) is 132 Å². The van der Waals surface area contributed by atoms with E-state index >= 15 is 0 Å². The quantitative estimate of drug-likeness (QED) is 0.0738. The molecule has 1 atom stereocenters. The topological polar surface area (TPSA) is 22.7 Å². The molecule has 2 aromatic rings. The Hall–Kier alpha value is -3.22. The van der Waals surface area contributed by atoms with Gasteiger partial charge in [-0.1, -0.05) is 76.3 Å². The first-order chi connectivity index (χ1) is 19.6. The highest BCUT2D eigenvalue weighted by molar-refractivity contribution is 8.76. The Bertz CT molecular complexity index is 1240. The Labute approximate surface area is 249 Å². The number of benzene rings is 1. The minimum Gasteiger partial charge on any atom is -0.374 e. The lowest BCUT2D eigenvalue weighted by molar-refractivity contribution is -0.673. The predicted molar refractivity (Wildman–Crippen MR) is 181 cm³/mol. The Morgan fingerprint density at radius 3 is 2.33 bits per heavy atom. The monoisotopic (exact) mass is 571 g/mol. The lowest BCUT2D eigenvalue weighted by Crippen LogP contribution is -2.30. The maximum absolute atomic E-state index is 3.92. The summed E-state index contributed by atoms with van der Waals surface area (Å²) in [4.78, 5) is 8.62. The SMILES string of the molecule is CN=C\C=C/C=C/C=C/C1C=CC(N(C)CCSSCCN(C)c2ccc(/C=C/c3cccc[n+]3C)cc2)=CC1. The molecule has 1 aromatic heterocycles. The molecule has 0 aliphatic heterocycles. The zero-order chi connectivity index (χ0) is 28.4. The molecule has 0 saturated heterocycles. The maximum Gasteiger partial charge on any atom is 0.204 e. The van der Waals surface area contributed by atoms with Gasteiger partial charge in [-0.25, -0.2) is 4.57 Å². The van der Waals surface area contributed by atoms with Gasteiger partial charge in [0.1, 0.15) is 7.05 Å². The molecule has 4 nitrogen and oxygen atoms in total. The molecule has 0 radical (unpaired) electrons. The number of nitrogens with zero attached hydrogens (tertiary/aromatic N) is 4. The lowest BCUT2D eigenvalue weighted by Gasteiger charge is -2.23. The zero-order valence-corrected chi connectivity index (χ0v) is 25.9. The molecule has 1 heterocycles. The molecular weight excluding hydrogens is 529 g/mol. The van der Waals surface area contributed by atoms with E-state index in [-0.39, 0.29) is 0 Å². The van der Waals surface area contributed by atoms with Crippen LogP contribution < -0.4 is 9.47 Å². The summed E-state index contributed by atoms with van der Waals surface area (Å²) in [5, 5.41) is 0. The third kappa shape index (κ3) is 11.5. The van der Waals surface area contributed by atoms with Crippen LogP contribution in [0.15, 0.2) is 114 Å². The standard InChI is InChI=1S/C34H43N4S2/c1-35-24-10-7-5-6-8-12-30-14-20-33(21-15-30)37(3)26-28-39-40-29-27-38(4)34-22-17-31(18-23-34)16-19-32-13-9-11-25-36(32)2/h5-14,16-25,30H,15,26-29H2,1-4H3/q+1/b6-5+,10-7-,12-8+,35-24?. The number of likely N-dealkylation sites (N-methyl/N-ethyl adjacent to an activating group) is 1. The molecule has 1 aliphatic rings. The number of hydrogen-bond acceptors (Lipinski definition) is 5. The van der Waals surface area contributed by atoms with E-state index in [0.717, 1.165) is 31.0 Å². The molecule has 3 rings (SSSR count). The summed E-state index contributed by atoms with van der Waals surface area (Å²) < 4.78 is 2.12. The van der Waals surface area contributed by atoms with Crippen molar-refractivity contribution in [3.8, 4) is 0 Å². The van der Waals surface area contributed by atoms with Crippen molar-refractivity contribution in [1.29, 1.82) is 0 Å². The van der Waals surface area contributed by atoms with Crippen LogP contribution >= 0.6 is 21.6 Å². The fraction of sp³-hybridized carbons (Fsp3) is 0.294. The number of aliphatic imine (C=N–C) groups is 1. The van der Waals surface area contributed by atoms with Gasteiger partial charge < -0.3 is 9.80 Å². The van der Waals surface area contributed by atoms with Crippen molar-refractivity contribution >= 4 is 45.6 Å². The number of aryl methyl sites for hydroxylation is 1. The van der Waals surface area contributed by atoms with Gasteiger partial charge in [-0.3, -0.25) is 4.99 Å². The van der Waals surface area contributed by atoms with Gasteiger partial charge in [0, 0.05) is 81.5 Å². The third-order valence-electron chi connectivity index (χ3n) is 6.57. The smallest absolute Gasteiger partial charge is 0.204 e. The first kappa shape index (κ1) is 31.3. The number of aromatic nitrogens is 1. The van der Waals surface area contributed by atoms with Crippen molar-refractivity contribution in [2.45, 2.75) is 6.42 Å². The second kappa shape index (κ2) is 18.2. The molecule has 1 aliphatic carbocycles. The number of rotatable bonds is 15. The second-order valence-electron chi connectivity index (χ2n) is 9.60. The molecule has 40 heavy (non-hydrogen) atoms. The van der Waals surface area contributed by atoms with Crippen LogP contribution in [0.1, 0.15) is 17.7 Å². The van der Waals surface area contributed by atoms with Crippen LogP contribution in [0.5, 0.6) is 0 Å². The van der Waals surface area contributed by atoms with Gasteiger partial charge in [0.25, 0.3) is 0 Å². The highest BCUT2D eigenvalue weighted by Gasteiger charge is 2.09. The fourth-order valence-electron chi connectivity index (χ4n) is 4.04. The van der Waals surface area contributed by atoms with Crippen LogP contribution in [-0.2, 0) is 7.05 Å². The molecule has 0 N–H and O–H groups in total. The summed E-state index contributed by atoms with van der Waals surface area (Å²) in [5.74, 6) is 2.68. The maximum atomic E-state index is 3.92. The van der Waals surface area contributed by atoms with Crippen LogP contribution in [0.3, 0.4) is 0 Å². The van der Waals surface area contributed by atoms with Gasteiger partial charge in [0.05, 0.1) is 0 Å². The van der Waals surface area contributed by atoms with Crippen molar-refractivity contribution in [2.75, 3.05) is 50.6 Å². The molecule has 0 spiro atoms. The molecule has 0 fully saturated rings. The summed E-state index contributed by atoms with van der Waals surface area (Å²) in [6, 6.07) is 15.0. The molecule has 0 amide bonds. The zero-order valence-electron chi connectivity index (χ0n) is 24.3. The number of allylic oxidation sites excluding steroid dienone is 9. The van der Waals surface area contributed by atoms with Crippen molar-refractivity contribution in [3.63, 3.8) is 0 Å². The third-order valence-corrected chi connectivity index (χ3v) is 8.94. The summed E-state index contributed by atoms with van der Waals surface area (Å²) in [6.07, 6.45) is 28.5. The number of anilines is 1. The first-order valence-corrected chi connectivity index (χ1v) is 16.3. The van der Waals surface area contributed by atoms with Gasteiger partial charge in [0.2, 0.25) is 5.69 Å². The van der Waals surface area contributed by atoms with Crippen molar-refractivity contribution in [3.05, 3.63) is 120 Å². The van der Waals surface area contributed by atoms with Crippen LogP contribution in [0, 0.1) is 5.92 Å². The lowest BCUT2D eigenvalue weighted by atomic mass is 9.98. The minimum atomic E-state index is 0.468. The Kier molecular flexibility index (Phi) is 14.2. The average Bonchev–Trinajstić information content (AvgIpc) is 2.98. The van der Waals surface area contributed by atoms with Gasteiger partial charge in [-0.05, 0) is 54.3 Å². The van der Waals surface area contributed by atoms with Crippen LogP contribution in [-0.4, -0.2) is 56.9 Å². The Morgan fingerprint density at radius 1 is 0.900 bits per heavy atom. The van der Waals surface area contributed by atoms with Crippen LogP contribution in [0.25, 0.3) is 12.2 Å². The van der Waals surface area contributed by atoms with Crippen molar-refractivity contribution in [1.82, 2.24) is 4.90 Å². The van der Waals surface area contributed by atoms with E-state index in [9.17, 15) is 0 Å². The largest absolute Gasteiger partial charge is 0.374 e. The van der Waals surface area contributed by atoms with E-state index in [1.165, 1.54) is 22.6 Å². The highest BCUT2D eigenvalue weighted by Crippen LogP contribution is 2.24.